The van der Waals surface area contributed by atoms with Gasteiger partial charge in [0.2, 0.25) is 0 Å². The highest BCUT2D eigenvalue weighted by Crippen LogP contribution is 2.35. The molecule has 2 heterocycles. The molecule has 1 N–H and O–H groups in total. The number of carbonyl (C=O) groups excluding carboxylic acids is 2. The number of anilines is 1. The van der Waals surface area contributed by atoms with Gasteiger partial charge < -0.3 is 29.0 Å². The zero-order valence-corrected chi connectivity index (χ0v) is 18.0. The van der Waals surface area contributed by atoms with E-state index in [1.807, 2.05) is 18.2 Å². The van der Waals surface area contributed by atoms with Crippen molar-refractivity contribution in [3.63, 3.8) is 0 Å². The Balaban J connectivity index is 1.89. The van der Waals surface area contributed by atoms with Gasteiger partial charge in [0.15, 0.2) is 5.57 Å². The number of fused-ring (bicyclic) bond motifs is 1. The van der Waals surface area contributed by atoms with Crippen molar-refractivity contribution < 1.29 is 33.6 Å². The van der Waals surface area contributed by atoms with Gasteiger partial charge in [0, 0.05) is 25.8 Å². The average molecular weight is 434 g/mol. The fourth-order valence-electron chi connectivity index (χ4n) is 3.52. The Bertz CT molecular complexity index is 785. The number of nitrogens with zero attached hydrogens (tertiary/aromatic N) is 2. The van der Waals surface area contributed by atoms with Crippen LogP contribution in [0.15, 0.2) is 30.0 Å². The molecule has 2 aliphatic rings. The van der Waals surface area contributed by atoms with Crippen LogP contribution in [0.25, 0.3) is 0 Å². The van der Waals surface area contributed by atoms with E-state index in [1.165, 1.54) is 6.20 Å². The van der Waals surface area contributed by atoms with Crippen LogP contribution in [0.5, 0.6) is 5.75 Å². The smallest absolute Gasteiger partial charge is 0.347 e. The SMILES string of the molecule is CCOC(=O)C(=CN1CC(CO)Oc2cc(CN3CCOCC3)ccc21)C(=O)OCC. The van der Waals surface area contributed by atoms with Crippen molar-refractivity contribution in [3.05, 3.63) is 35.5 Å². The highest BCUT2D eigenvalue weighted by molar-refractivity contribution is 6.14. The number of hydrogen-bond donors (Lipinski definition) is 1. The summed E-state index contributed by atoms with van der Waals surface area (Å²) in [5.74, 6) is -0.920. The van der Waals surface area contributed by atoms with Gasteiger partial charge in [0.05, 0.1) is 45.3 Å². The van der Waals surface area contributed by atoms with Crippen molar-refractivity contribution in [2.24, 2.45) is 0 Å². The van der Waals surface area contributed by atoms with Crippen molar-refractivity contribution in [1.82, 2.24) is 4.90 Å². The lowest BCUT2D eigenvalue weighted by atomic mass is 10.1. The monoisotopic (exact) mass is 434 g/mol. The largest absolute Gasteiger partial charge is 0.484 e. The summed E-state index contributed by atoms with van der Waals surface area (Å²) in [7, 11) is 0. The third kappa shape index (κ3) is 5.96. The number of hydrogen-bond acceptors (Lipinski definition) is 9. The molecule has 1 saturated heterocycles. The van der Waals surface area contributed by atoms with Gasteiger partial charge in [-0.1, -0.05) is 6.07 Å². The van der Waals surface area contributed by atoms with Crippen LogP contribution in [0, 0.1) is 0 Å². The second kappa shape index (κ2) is 11.1. The molecule has 0 amide bonds. The van der Waals surface area contributed by atoms with E-state index in [0.717, 1.165) is 38.4 Å². The van der Waals surface area contributed by atoms with Gasteiger partial charge in [-0.25, -0.2) is 9.59 Å². The summed E-state index contributed by atoms with van der Waals surface area (Å²) >= 11 is 0. The normalized spacial score (nSPS) is 18.5. The number of carbonyl (C=O) groups is 2. The summed E-state index contributed by atoms with van der Waals surface area (Å²) in [5.41, 5.74) is 1.56. The first-order valence-electron chi connectivity index (χ1n) is 10.6. The fourth-order valence-corrected chi connectivity index (χ4v) is 3.52. The van der Waals surface area contributed by atoms with Crippen LogP contribution in [-0.2, 0) is 30.3 Å². The highest BCUT2D eigenvalue weighted by Gasteiger charge is 2.29. The fraction of sp³-hybridized carbons (Fsp3) is 0.545. The predicted octanol–water partition coefficient (Wildman–Crippen LogP) is 1.09. The van der Waals surface area contributed by atoms with Crippen LogP contribution in [0.1, 0.15) is 19.4 Å². The Morgan fingerprint density at radius 2 is 1.84 bits per heavy atom. The molecule has 1 aromatic rings. The number of rotatable bonds is 8. The molecular weight excluding hydrogens is 404 g/mol. The zero-order chi connectivity index (χ0) is 22.2. The molecule has 3 rings (SSSR count). The van der Waals surface area contributed by atoms with E-state index in [9.17, 15) is 14.7 Å². The number of morpholine rings is 1. The maximum atomic E-state index is 12.4. The molecule has 0 spiro atoms. The Kier molecular flexibility index (Phi) is 8.27. The molecule has 1 fully saturated rings. The third-order valence-electron chi connectivity index (χ3n) is 5.02. The Labute approximate surface area is 182 Å². The third-order valence-corrected chi connectivity index (χ3v) is 5.02. The predicted molar refractivity (Wildman–Crippen MR) is 113 cm³/mol. The van der Waals surface area contributed by atoms with Gasteiger partial charge in [-0.05, 0) is 31.5 Å². The van der Waals surface area contributed by atoms with Crippen molar-refractivity contribution in [1.29, 1.82) is 0 Å². The first kappa shape index (κ1) is 23.1. The minimum Gasteiger partial charge on any atom is -0.484 e. The van der Waals surface area contributed by atoms with Gasteiger partial charge in [0.25, 0.3) is 0 Å². The molecule has 1 atom stereocenters. The van der Waals surface area contributed by atoms with Crippen molar-refractivity contribution >= 4 is 17.6 Å². The average Bonchev–Trinajstić information content (AvgIpc) is 2.77. The van der Waals surface area contributed by atoms with Crippen LogP contribution in [0.3, 0.4) is 0 Å². The van der Waals surface area contributed by atoms with Crippen LogP contribution in [0.2, 0.25) is 0 Å². The lowest BCUT2D eigenvalue weighted by Gasteiger charge is -2.34. The topological polar surface area (TPSA) is 97.8 Å². The summed E-state index contributed by atoms with van der Waals surface area (Å²) in [5, 5.41) is 9.71. The second-order valence-electron chi connectivity index (χ2n) is 7.25. The zero-order valence-electron chi connectivity index (χ0n) is 18.0. The van der Waals surface area contributed by atoms with E-state index in [2.05, 4.69) is 4.90 Å². The second-order valence-corrected chi connectivity index (χ2v) is 7.25. The minimum atomic E-state index is -0.751. The Hall–Kier alpha value is -2.62. The molecule has 0 bridgehead atoms. The molecule has 170 valence electrons. The summed E-state index contributed by atoms with van der Waals surface area (Å²) in [4.78, 5) is 28.7. The minimum absolute atomic E-state index is 0.138. The summed E-state index contributed by atoms with van der Waals surface area (Å²) in [6.45, 7) is 7.62. The number of esters is 2. The number of aliphatic hydroxyl groups is 1. The van der Waals surface area contributed by atoms with E-state index in [0.29, 0.717) is 11.4 Å². The van der Waals surface area contributed by atoms with E-state index >= 15 is 0 Å². The number of aliphatic hydroxyl groups excluding tert-OH is 1. The molecule has 0 saturated carbocycles. The van der Waals surface area contributed by atoms with E-state index in [-0.39, 0.29) is 31.9 Å². The van der Waals surface area contributed by atoms with Gasteiger partial charge >= 0.3 is 11.9 Å². The van der Waals surface area contributed by atoms with Crippen LogP contribution < -0.4 is 9.64 Å². The lowest BCUT2D eigenvalue weighted by Crippen LogP contribution is -2.40. The first-order chi connectivity index (χ1) is 15.0. The lowest BCUT2D eigenvalue weighted by molar-refractivity contribution is -0.146. The molecule has 1 aromatic carbocycles. The van der Waals surface area contributed by atoms with Crippen LogP contribution >= 0.6 is 0 Å². The first-order valence-corrected chi connectivity index (χ1v) is 10.6. The molecule has 0 radical (unpaired) electrons. The highest BCUT2D eigenvalue weighted by atomic mass is 16.6. The van der Waals surface area contributed by atoms with Crippen LogP contribution in [0.4, 0.5) is 5.69 Å². The molecule has 31 heavy (non-hydrogen) atoms. The summed E-state index contributed by atoms with van der Waals surface area (Å²) < 4.78 is 21.4. The Morgan fingerprint density at radius 3 is 2.45 bits per heavy atom. The number of benzene rings is 1. The molecule has 0 aliphatic carbocycles. The molecule has 2 aliphatic heterocycles. The molecular formula is C22H30N2O7. The quantitative estimate of drug-likeness (QED) is 0.279. The standard InChI is InChI=1S/C22H30N2O7/c1-3-29-21(26)18(22(27)30-4-2)14-24-13-17(15-25)31-20-11-16(5-6-19(20)24)12-23-7-9-28-10-8-23/h5-6,11,14,17,25H,3-4,7-10,12-13,15H2,1-2H3. The molecule has 9 nitrogen and oxygen atoms in total. The van der Waals surface area contributed by atoms with Crippen molar-refractivity contribution in [2.75, 3.05) is 57.6 Å². The van der Waals surface area contributed by atoms with Gasteiger partial charge in [0.1, 0.15) is 11.9 Å². The van der Waals surface area contributed by atoms with Crippen molar-refractivity contribution in [2.45, 2.75) is 26.5 Å². The van der Waals surface area contributed by atoms with E-state index in [4.69, 9.17) is 18.9 Å². The van der Waals surface area contributed by atoms with Crippen LogP contribution in [-0.4, -0.2) is 80.7 Å². The van der Waals surface area contributed by atoms with E-state index in [1.54, 1.807) is 18.7 Å². The van der Waals surface area contributed by atoms with Gasteiger partial charge in [-0.2, -0.15) is 0 Å². The number of ether oxygens (including phenoxy) is 4. The Morgan fingerprint density at radius 1 is 1.16 bits per heavy atom. The van der Waals surface area contributed by atoms with Crippen molar-refractivity contribution in [3.8, 4) is 5.75 Å². The summed E-state index contributed by atoms with van der Waals surface area (Å²) in [6, 6.07) is 5.82. The van der Waals surface area contributed by atoms with E-state index < -0.39 is 18.0 Å². The maximum absolute atomic E-state index is 12.4. The maximum Gasteiger partial charge on any atom is 0.347 e. The molecule has 0 aromatic heterocycles. The summed E-state index contributed by atoms with van der Waals surface area (Å²) in [6.07, 6.45) is 0.912. The molecule has 1 unspecified atom stereocenters. The van der Waals surface area contributed by atoms with Gasteiger partial charge in [-0.3, -0.25) is 4.90 Å². The molecule has 9 heteroatoms. The van der Waals surface area contributed by atoms with Gasteiger partial charge in [-0.15, -0.1) is 0 Å².